The lowest BCUT2D eigenvalue weighted by atomic mass is 10.0. The van der Waals surface area contributed by atoms with Gasteiger partial charge >= 0.3 is 5.97 Å². The van der Waals surface area contributed by atoms with Gasteiger partial charge in [0.2, 0.25) is 0 Å². The molecule has 0 amide bonds. The molecule has 0 spiro atoms. The molecule has 1 fully saturated rings. The predicted octanol–water partition coefficient (Wildman–Crippen LogP) is 1.59. The monoisotopic (exact) mass is 292 g/mol. The van der Waals surface area contributed by atoms with Gasteiger partial charge in [0.25, 0.3) is 0 Å². The average Bonchev–Trinajstić information content (AvgIpc) is 2.77. The standard InChI is InChI=1S/C16H24N2O3/c1-3-21-16(19)15(18-10-5-8-17-9-11-18)13-6-4-7-14(12-13)20-2/h4,6-7,12,15,17H,3,5,8-11H2,1-2H3. The summed E-state index contributed by atoms with van der Waals surface area (Å²) in [6.07, 6.45) is 1.03. The van der Waals surface area contributed by atoms with Crippen molar-refractivity contribution >= 4 is 5.97 Å². The first-order chi connectivity index (χ1) is 10.3. The van der Waals surface area contributed by atoms with Gasteiger partial charge in [-0.15, -0.1) is 0 Å². The lowest BCUT2D eigenvalue weighted by Gasteiger charge is -2.29. The van der Waals surface area contributed by atoms with Crippen molar-refractivity contribution in [1.82, 2.24) is 10.2 Å². The van der Waals surface area contributed by atoms with Gasteiger partial charge in [-0.2, -0.15) is 0 Å². The third-order valence-corrected chi connectivity index (χ3v) is 3.66. The molecule has 0 radical (unpaired) electrons. The van der Waals surface area contributed by atoms with Crippen LogP contribution in [0.3, 0.4) is 0 Å². The molecule has 2 rings (SSSR count). The van der Waals surface area contributed by atoms with Crippen molar-refractivity contribution in [1.29, 1.82) is 0 Å². The van der Waals surface area contributed by atoms with Gasteiger partial charge in [0.15, 0.2) is 0 Å². The lowest BCUT2D eigenvalue weighted by molar-refractivity contribution is -0.149. The van der Waals surface area contributed by atoms with Gasteiger partial charge in [0, 0.05) is 19.6 Å². The number of ether oxygens (including phenoxy) is 2. The highest BCUT2D eigenvalue weighted by Gasteiger charge is 2.29. The van der Waals surface area contributed by atoms with Gasteiger partial charge in [-0.3, -0.25) is 4.90 Å². The van der Waals surface area contributed by atoms with E-state index in [0.717, 1.165) is 43.9 Å². The summed E-state index contributed by atoms with van der Waals surface area (Å²) in [6.45, 7) is 5.83. The molecule has 0 aromatic heterocycles. The number of esters is 1. The molecule has 0 saturated carbocycles. The Morgan fingerprint density at radius 1 is 1.38 bits per heavy atom. The topological polar surface area (TPSA) is 50.8 Å². The highest BCUT2D eigenvalue weighted by atomic mass is 16.5. The highest BCUT2D eigenvalue weighted by molar-refractivity contribution is 5.77. The molecule has 1 aliphatic heterocycles. The third-order valence-electron chi connectivity index (χ3n) is 3.66. The van der Waals surface area contributed by atoms with E-state index >= 15 is 0 Å². The molecule has 1 aromatic carbocycles. The van der Waals surface area contributed by atoms with Crippen LogP contribution in [0.4, 0.5) is 0 Å². The van der Waals surface area contributed by atoms with E-state index in [1.807, 2.05) is 31.2 Å². The van der Waals surface area contributed by atoms with Crippen molar-refractivity contribution in [2.24, 2.45) is 0 Å². The number of carbonyl (C=O) groups is 1. The van der Waals surface area contributed by atoms with Crippen LogP contribution >= 0.6 is 0 Å². The maximum absolute atomic E-state index is 12.4. The van der Waals surface area contributed by atoms with Crippen LogP contribution in [0, 0.1) is 0 Å². The highest BCUT2D eigenvalue weighted by Crippen LogP contribution is 2.26. The summed E-state index contributed by atoms with van der Waals surface area (Å²) in [5, 5.41) is 3.36. The molecule has 1 aliphatic rings. The Morgan fingerprint density at radius 3 is 3.00 bits per heavy atom. The van der Waals surface area contributed by atoms with Crippen LogP contribution in [-0.2, 0) is 9.53 Å². The first-order valence-electron chi connectivity index (χ1n) is 7.51. The molecule has 1 saturated heterocycles. The van der Waals surface area contributed by atoms with E-state index in [9.17, 15) is 4.79 Å². The van der Waals surface area contributed by atoms with Crippen LogP contribution in [0.1, 0.15) is 24.9 Å². The number of hydrogen-bond donors (Lipinski definition) is 1. The average molecular weight is 292 g/mol. The summed E-state index contributed by atoms with van der Waals surface area (Å²) in [5.74, 6) is 0.572. The van der Waals surface area contributed by atoms with Crippen LogP contribution < -0.4 is 10.1 Å². The lowest BCUT2D eigenvalue weighted by Crippen LogP contribution is -2.37. The summed E-state index contributed by atoms with van der Waals surface area (Å²) in [7, 11) is 1.63. The number of benzene rings is 1. The van der Waals surface area contributed by atoms with E-state index in [1.54, 1.807) is 7.11 Å². The second-order valence-electron chi connectivity index (χ2n) is 5.07. The Kier molecular flexibility index (Phi) is 6.02. The van der Waals surface area contributed by atoms with E-state index in [1.165, 1.54) is 0 Å². The quantitative estimate of drug-likeness (QED) is 0.835. The van der Waals surface area contributed by atoms with Gasteiger partial charge in [-0.1, -0.05) is 12.1 Å². The van der Waals surface area contributed by atoms with Gasteiger partial charge in [0.05, 0.1) is 13.7 Å². The Bertz CT molecular complexity index is 457. The normalized spacial score (nSPS) is 17.8. The number of nitrogens with zero attached hydrogens (tertiary/aromatic N) is 1. The van der Waals surface area contributed by atoms with E-state index in [2.05, 4.69) is 10.2 Å². The van der Waals surface area contributed by atoms with Crippen LogP contribution in [-0.4, -0.2) is 50.8 Å². The summed E-state index contributed by atoms with van der Waals surface area (Å²) in [6, 6.07) is 7.31. The maximum atomic E-state index is 12.4. The summed E-state index contributed by atoms with van der Waals surface area (Å²) in [5.41, 5.74) is 0.926. The molecule has 5 heteroatoms. The van der Waals surface area contributed by atoms with Crippen molar-refractivity contribution in [2.45, 2.75) is 19.4 Å². The first-order valence-corrected chi connectivity index (χ1v) is 7.51. The molecule has 0 bridgehead atoms. The molecular weight excluding hydrogens is 268 g/mol. The fourth-order valence-corrected chi connectivity index (χ4v) is 2.65. The van der Waals surface area contributed by atoms with Crippen molar-refractivity contribution in [3.63, 3.8) is 0 Å². The second-order valence-corrected chi connectivity index (χ2v) is 5.07. The molecule has 116 valence electrons. The minimum absolute atomic E-state index is 0.187. The SMILES string of the molecule is CCOC(=O)C(c1cccc(OC)c1)N1CCCNCC1. The van der Waals surface area contributed by atoms with Crippen molar-refractivity contribution in [3.05, 3.63) is 29.8 Å². The molecule has 1 N–H and O–H groups in total. The Labute approximate surface area is 126 Å². The van der Waals surface area contributed by atoms with Crippen molar-refractivity contribution < 1.29 is 14.3 Å². The van der Waals surface area contributed by atoms with Crippen molar-refractivity contribution in [3.8, 4) is 5.75 Å². The molecule has 1 aromatic rings. The van der Waals surface area contributed by atoms with Gasteiger partial charge in [-0.05, 0) is 37.6 Å². The predicted molar refractivity (Wildman–Crippen MR) is 81.4 cm³/mol. The molecular formula is C16H24N2O3. The van der Waals surface area contributed by atoms with Crippen molar-refractivity contribution in [2.75, 3.05) is 39.9 Å². The van der Waals surface area contributed by atoms with Crippen LogP contribution in [0.5, 0.6) is 5.75 Å². The van der Waals surface area contributed by atoms with Gasteiger partial charge < -0.3 is 14.8 Å². The number of carbonyl (C=O) groups excluding carboxylic acids is 1. The Hall–Kier alpha value is -1.59. The van der Waals surface area contributed by atoms with Crippen LogP contribution in [0.2, 0.25) is 0 Å². The van der Waals surface area contributed by atoms with E-state index in [-0.39, 0.29) is 12.0 Å². The fourth-order valence-electron chi connectivity index (χ4n) is 2.65. The minimum Gasteiger partial charge on any atom is -0.497 e. The number of methoxy groups -OCH3 is 1. The summed E-state index contributed by atoms with van der Waals surface area (Å²) in [4.78, 5) is 14.6. The molecule has 5 nitrogen and oxygen atoms in total. The van der Waals surface area contributed by atoms with Gasteiger partial charge in [-0.25, -0.2) is 4.79 Å². The number of nitrogens with one attached hydrogen (secondary N) is 1. The van der Waals surface area contributed by atoms with E-state index in [4.69, 9.17) is 9.47 Å². The van der Waals surface area contributed by atoms with E-state index in [0.29, 0.717) is 6.61 Å². The largest absolute Gasteiger partial charge is 0.497 e. The smallest absolute Gasteiger partial charge is 0.328 e. The maximum Gasteiger partial charge on any atom is 0.328 e. The minimum atomic E-state index is -0.361. The molecule has 1 unspecified atom stereocenters. The zero-order valence-electron chi connectivity index (χ0n) is 12.8. The second kappa shape index (κ2) is 8.00. The number of hydrogen-bond acceptors (Lipinski definition) is 5. The van der Waals surface area contributed by atoms with Crippen LogP contribution in [0.25, 0.3) is 0 Å². The van der Waals surface area contributed by atoms with E-state index < -0.39 is 0 Å². The fraction of sp³-hybridized carbons (Fsp3) is 0.562. The molecule has 0 aliphatic carbocycles. The Morgan fingerprint density at radius 2 is 2.24 bits per heavy atom. The molecule has 1 atom stereocenters. The third kappa shape index (κ3) is 4.19. The van der Waals surface area contributed by atoms with Gasteiger partial charge in [0.1, 0.15) is 11.8 Å². The summed E-state index contributed by atoms with van der Waals surface area (Å²) >= 11 is 0. The number of rotatable bonds is 5. The zero-order valence-corrected chi connectivity index (χ0v) is 12.8. The Balaban J connectivity index is 2.27. The zero-order chi connectivity index (χ0) is 15.1. The summed E-state index contributed by atoms with van der Waals surface area (Å²) < 4.78 is 10.6. The first kappa shape index (κ1) is 15.8. The van der Waals surface area contributed by atoms with Crippen LogP contribution in [0.15, 0.2) is 24.3 Å². The molecule has 1 heterocycles. The molecule has 21 heavy (non-hydrogen) atoms.